The van der Waals surface area contributed by atoms with Crippen LogP contribution in [0.2, 0.25) is 0 Å². The van der Waals surface area contributed by atoms with Crippen LogP contribution in [0.15, 0.2) is 0 Å². The Kier molecular flexibility index (Phi) is 6.41. The predicted octanol–water partition coefficient (Wildman–Crippen LogP) is 0.971. The second-order valence-electron chi connectivity index (χ2n) is 5.75. The molecular weight excluding hydrogens is 228 g/mol. The van der Waals surface area contributed by atoms with Gasteiger partial charge in [-0.15, -0.1) is 0 Å². The summed E-state index contributed by atoms with van der Waals surface area (Å²) in [6.45, 7) is 8.39. The molecule has 2 aliphatic heterocycles. The van der Waals surface area contributed by atoms with Crippen LogP contribution < -0.4 is 5.32 Å². The lowest BCUT2D eigenvalue weighted by Crippen LogP contribution is -2.35. The Morgan fingerprint density at radius 3 is 2.50 bits per heavy atom. The smallest absolute Gasteiger partial charge is 0.0507 e. The fourth-order valence-electron chi connectivity index (χ4n) is 2.78. The zero-order valence-corrected chi connectivity index (χ0v) is 11.7. The summed E-state index contributed by atoms with van der Waals surface area (Å²) < 4.78 is 10.8. The van der Waals surface area contributed by atoms with Crippen molar-refractivity contribution in [1.29, 1.82) is 0 Å². The van der Waals surface area contributed by atoms with E-state index in [4.69, 9.17) is 9.47 Å². The molecule has 4 nitrogen and oxygen atoms in total. The molecule has 0 aromatic heterocycles. The molecule has 106 valence electrons. The normalized spacial score (nSPS) is 26.0. The quantitative estimate of drug-likeness (QED) is 0.688. The molecule has 0 aromatic carbocycles. The van der Waals surface area contributed by atoms with Gasteiger partial charge in [-0.2, -0.15) is 0 Å². The van der Waals surface area contributed by atoms with E-state index in [2.05, 4.69) is 17.3 Å². The zero-order valence-electron chi connectivity index (χ0n) is 11.7. The molecule has 0 radical (unpaired) electrons. The molecule has 0 saturated carbocycles. The van der Waals surface area contributed by atoms with Gasteiger partial charge < -0.3 is 19.7 Å². The summed E-state index contributed by atoms with van der Waals surface area (Å²) in [5.74, 6) is 1.58. The van der Waals surface area contributed by atoms with Crippen molar-refractivity contribution in [2.45, 2.75) is 19.3 Å². The Balaban J connectivity index is 1.47. The largest absolute Gasteiger partial charge is 0.381 e. The second kappa shape index (κ2) is 8.10. The van der Waals surface area contributed by atoms with E-state index in [-0.39, 0.29) is 0 Å². The first-order valence-electron chi connectivity index (χ1n) is 7.39. The van der Waals surface area contributed by atoms with Crippen LogP contribution in [0, 0.1) is 11.8 Å². The molecule has 0 bridgehead atoms. The molecule has 2 aliphatic rings. The fraction of sp³-hybridized carbons (Fsp3) is 1.00. The minimum Gasteiger partial charge on any atom is -0.381 e. The van der Waals surface area contributed by atoms with Gasteiger partial charge in [0.2, 0.25) is 0 Å². The molecule has 2 rings (SSSR count). The van der Waals surface area contributed by atoms with Crippen LogP contribution in [0.1, 0.15) is 19.3 Å². The lowest BCUT2D eigenvalue weighted by Gasteiger charge is -2.27. The zero-order chi connectivity index (χ0) is 12.6. The van der Waals surface area contributed by atoms with E-state index < -0.39 is 0 Å². The van der Waals surface area contributed by atoms with E-state index in [1.165, 1.54) is 25.8 Å². The fourth-order valence-corrected chi connectivity index (χ4v) is 2.78. The number of likely N-dealkylation sites (N-methyl/N-ethyl adjacent to an activating group) is 1. The maximum absolute atomic E-state index is 5.39. The van der Waals surface area contributed by atoms with Crippen molar-refractivity contribution in [3.63, 3.8) is 0 Å². The Morgan fingerprint density at radius 2 is 1.78 bits per heavy atom. The summed E-state index contributed by atoms with van der Waals surface area (Å²) in [5, 5.41) is 3.55. The summed E-state index contributed by atoms with van der Waals surface area (Å²) in [5.41, 5.74) is 0. The van der Waals surface area contributed by atoms with Gasteiger partial charge in [0.25, 0.3) is 0 Å². The third-order valence-electron chi connectivity index (χ3n) is 4.04. The Labute approximate surface area is 111 Å². The first-order chi connectivity index (χ1) is 8.84. The van der Waals surface area contributed by atoms with Gasteiger partial charge in [0.15, 0.2) is 0 Å². The van der Waals surface area contributed by atoms with Gasteiger partial charge in [-0.1, -0.05) is 0 Å². The van der Waals surface area contributed by atoms with E-state index in [1.54, 1.807) is 0 Å². The number of nitrogens with zero attached hydrogens (tertiary/aromatic N) is 1. The molecule has 0 aromatic rings. The van der Waals surface area contributed by atoms with Crippen molar-refractivity contribution < 1.29 is 9.47 Å². The average molecular weight is 256 g/mol. The molecule has 18 heavy (non-hydrogen) atoms. The van der Waals surface area contributed by atoms with E-state index in [1.807, 2.05) is 0 Å². The first kappa shape index (κ1) is 14.3. The average Bonchev–Trinajstić information content (AvgIpc) is 2.89. The molecule has 1 unspecified atom stereocenters. The van der Waals surface area contributed by atoms with Gasteiger partial charge >= 0.3 is 0 Å². The molecule has 1 N–H and O–H groups in total. The second-order valence-corrected chi connectivity index (χ2v) is 5.75. The molecule has 2 saturated heterocycles. The molecule has 0 amide bonds. The molecule has 2 heterocycles. The molecular formula is C14H28N2O2. The van der Waals surface area contributed by atoms with Crippen molar-refractivity contribution in [1.82, 2.24) is 10.2 Å². The minimum atomic E-state index is 0.741. The van der Waals surface area contributed by atoms with Crippen molar-refractivity contribution in [3.8, 4) is 0 Å². The highest BCUT2D eigenvalue weighted by Gasteiger charge is 2.16. The van der Waals surface area contributed by atoms with Crippen molar-refractivity contribution >= 4 is 0 Å². The minimum absolute atomic E-state index is 0.741. The van der Waals surface area contributed by atoms with Crippen LogP contribution in [0.3, 0.4) is 0 Å². The van der Waals surface area contributed by atoms with Crippen LogP contribution >= 0.6 is 0 Å². The number of ether oxygens (including phenoxy) is 2. The SMILES string of the molecule is CN(CCNCC1CCOC1)CC1CCOCC1. The maximum atomic E-state index is 5.39. The summed E-state index contributed by atoms with van der Waals surface area (Å²) >= 11 is 0. The monoisotopic (exact) mass is 256 g/mol. The lowest BCUT2D eigenvalue weighted by molar-refractivity contribution is 0.0558. The van der Waals surface area contributed by atoms with E-state index in [9.17, 15) is 0 Å². The number of nitrogens with one attached hydrogen (secondary N) is 1. The summed E-state index contributed by atoms with van der Waals surface area (Å²) in [6.07, 6.45) is 3.69. The van der Waals surface area contributed by atoms with Crippen LogP contribution in [-0.2, 0) is 9.47 Å². The highest BCUT2D eigenvalue weighted by atomic mass is 16.5. The standard InChI is InChI=1S/C14H28N2O2/c1-16(11-13-2-7-17-8-3-13)6-5-15-10-14-4-9-18-12-14/h13-15H,2-12H2,1H3. The molecule has 0 aliphatic carbocycles. The van der Waals surface area contributed by atoms with Crippen LogP contribution in [0.4, 0.5) is 0 Å². The molecule has 2 fully saturated rings. The van der Waals surface area contributed by atoms with Gasteiger partial charge in [-0.25, -0.2) is 0 Å². The Bertz CT molecular complexity index is 214. The number of hydrogen-bond acceptors (Lipinski definition) is 4. The van der Waals surface area contributed by atoms with Gasteiger partial charge in [0.05, 0.1) is 6.61 Å². The van der Waals surface area contributed by atoms with Gasteiger partial charge in [0.1, 0.15) is 0 Å². The van der Waals surface area contributed by atoms with Gasteiger partial charge in [-0.3, -0.25) is 0 Å². The number of hydrogen-bond donors (Lipinski definition) is 1. The summed E-state index contributed by atoms with van der Waals surface area (Å²) in [7, 11) is 2.23. The van der Waals surface area contributed by atoms with Crippen LogP contribution in [0.25, 0.3) is 0 Å². The van der Waals surface area contributed by atoms with Crippen LogP contribution in [-0.4, -0.2) is 64.6 Å². The van der Waals surface area contributed by atoms with E-state index in [0.29, 0.717) is 0 Å². The maximum Gasteiger partial charge on any atom is 0.0507 e. The van der Waals surface area contributed by atoms with Crippen molar-refractivity contribution in [2.75, 3.05) is 59.7 Å². The van der Waals surface area contributed by atoms with Crippen molar-refractivity contribution in [2.24, 2.45) is 11.8 Å². The molecule has 1 atom stereocenters. The molecule has 0 spiro atoms. The Morgan fingerprint density at radius 1 is 1.06 bits per heavy atom. The van der Waals surface area contributed by atoms with Gasteiger partial charge in [0, 0.05) is 46.0 Å². The van der Waals surface area contributed by atoms with Crippen molar-refractivity contribution in [3.05, 3.63) is 0 Å². The summed E-state index contributed by atoms with van der Waals surface area (Å²) in [6, 6.07) is 0. The van der Waals surface area contributed by atoms with Gasteiger partial charge in [-0.05, 0) is 38.1 Å². The topological polar surface area (TPSA) is 33.7 Å². The molecule has 4 heteroatoms. The lowest BCUT2D eigenvalue weighted by atomic mass is 10.00. The third kappa shape index (κ3) is 5.22. The Hall–Kier alpha value is -0.160. The number of rotatable bonds is 7. The predicted molar refractivity (Wildman–Crippen MR) is 72.8 cm³/mol. The summed E-state index contributed by atoms with van der Waals surface area (Å²) in [4.78, 5) is 2.45. The first-order valence-corrected chi connectivity index (χ1v) is 7.39. The highest BCUT2D eigenvalue weighted by molar-refractivity contribution is 4.69. The third-order valence-corrected chi connectivity index (χ3v) is 4.04. The van der Waals surface area contributed by atoms with E-state index >= 15 is 0 Å². The highest BCUT2D eigenvalue weighted by Crippen LogP contribution is 2.15. The van der Waals surface area contributed by atoms with E-state index in [0.717, 1.165) is 57.9 Å². The van der Waals surface area contributed by atoms with Crippen LogP contribution in [0.5, 0.6) is 0 Å².